The Morgan fingerprint density at radius 2 is 1.80 bits per heavy atom. The second-order valence-electron chi connectivity index (χ2n) is 3.13. The van der Waals surface area contributed by atoms with Crippen molar-refractivity contribution in [2.24, 2.45) is 16.5 Å². The van der Waals surface area contributed by atoms with Crippen LogP contribution in [0.15, 0.2) is 16.9 Å². The van der Waals surface area contributed by atoms with Crippen LogP contribution in [0.3, 0.4) is 0 Å². The van der Waals surface area contributed by atoms with E-state index in [1.54, 1.807) is 6.92 Å². The Kier molecular flexibility index (Phi) is 37.8. The lowest BCUT2D eigenvalue weighted by Crippen LogP contribution is -2.29. The largest absolute Gasteiger partial charge is 0.480 e. The molecule has 1 atom stereocenters. The van der Waals surface area contributed by atoms with Gasteiger partial charge in [0.15, 0.2) is 0 Å². The molecule has 0 aromatic rings. The molecule has 0 amide bonds. The van der Waals surface area contributed by atoms with Crippen molar-refractivity contribution in [2.45, 2.75) is 25.8 Å². The molecule has 0 unspecified atom stereocenters. The predicted molar refractivity (Wildman–Crippen MR) is 85.2 cm³/mol. The first-order valence-corrected chi connectivity index (χ1v) is 4.53. The van der Waals surface area contributed by atoms with Gasteiger partial charge in [0, 0.05) is 0 Å². The average Bonchev–Trinajstić information content (AvgIpc) is 2.14. The summed E-state index contributed by atoms with van der Waals surface area (Å²) in [6, 6.07) is -0.950. The van der Waals surface area contributed by atoms with Crippen molar-refractivity contribution in [2.75, 3.05) is 6.54 Å². The number of hydrogen-bond donors (Lipinski definition) is 3. The summed E-state index contributed by atoms with van der Waals surface area (Å²) >= 11 is 0. The maximum Gasteiger partial charge on any atom is 0.320 e. The third-order valence-corrected chi connectivity index (χ3v) is 1.64. The molecule has 126 valence electrons. The molecule has 0 aliphatic heterocycles. The number of carbonyl (C=O) groups is 1. The lowest BCUT2D eigenvalue weighted by molar-refractivity contribution is -0.138. The van der Waals surface area contributed by atoms with Gasteiger partial charge in [-0.15, -0.1) is 37.2 Å². The number of halogens is 4. The molecule has 0 aliphatic carbocycles. The van der Waals surface area contributed by atoms with Gasteiger partial charge >= 0.3 is 5.97 Å². The van der Waals surface area contributed by atoms with E-state index in [0.29, 0.717) is 5.84 Å². The molecule has 20 heavy (non-hydrogen) atoms. The van der Waals surface area contributed by atoms with Crippen molar-refractivity contribution in [3.8, 4) is 0 Å². The van der Waals surface area contributed by atoms with Crippen LogP contribution in [0.1, 0.15) is 19.8 Å². The zero-order valence-electron chi connectivity index (χ0n) is 10.8. The molecule has 7 nitrogen and oxygen atoms in total. The number of nitrogens with two attached hydrogens (primary N) is 2. The van der Waals surface area contributed by atoms with Crippen LogP contribution in [-0.2, 0) is 4.79 Å². The summed E-state index contributed by atoms with van der Waals surface area (Å²) in [6.07, 6.45) is 1.75. The average molecular weight is 363 g/mol. The number of aliphatic carboxylic acids is 1. The minimum absolute atomic E-state index is 0. The van der Waals surface area contributed by atoms with Crippen LogP contribution in [0.5, 0.6) is 0 Å². The number of rotatable bonds is 6. The molecule has 0 bridgehead atoms. The number of hydrogen-bond acceptors (Lipinski definition) is 3. The van der Waals surface area contributed by atoms with E-state index < -0.39 is 17.8 Å². The Morgan fingerprint density at radius 3 is 2.15 bits per heavy atom. The molecule has 0 saturated heterocycles. The van der Waals surface area contributed by atoms with Crippen molar-refractivity contribution < 1.29 is 25.2 Å². The molecule has 0 saturated carbocycles. The first kappa shape index (κ1) is 36.6. The molecule has 0 aliphatic rings. The smallest absolute Gasteiger partial charge is 0.320 e. The van der Waals surface area contributed by atoms with E-state index in [0.717, 1.165) is 0 Å². The minimum atomic E-state index is -1.08. The maximum absolute atomic E-state index is 12.9. The van der Waals surface area contributed by atoms with Gasteiger partial charge in [0.25, 0.3) is 0 Å². The summed E-state index contributed by atoms with van der Waals surface area (Å²) in [6.45, 7) is 1.46. The Balaban J connectivity index is -0.0000000980. The van der Waals surface area contributed by atoms with Gasteiger partial charge in [-0.1, -0.05) is 6.08 Å². The van der Waals surface area contributed by atoms with Gasteiger partial charge in [-0.2, -0.15) is 0 Å². The lowest BCUT2D eigenvalue weighted by atomic mass is 10.1. The van der Waals surface area contributed by atoms with Gasteiger partial charge < -0.3 is 27.5 Å². The molecule has 0 aromatic heterocycles. The number of carboxylic acids is 1. The number of amidine groups is 1. The van der Waals surface area contributed by atoms with Crippen LogP contribution in [0.4, 0.5) is 4.39 Å². The quantitative estimate of drug-likeness (QED) is 0.448. The molecule has 0 rings (SSSR count). The second-order valence-corrected chi connectivity index (χ2v) is 3.13. The fraction of sp³-hybridized carbons (Fsp3) is 0.556. The number of nitrogens with zero attached hydrogens (tertiary/aromatic N) is 1. The van der Waals surface area contributed by atoms with Crippen LogP contribution < -0.4 is 11.5 Å². The van der Waals surface area contributed by atoms with E-state index in [1.807, 2.05) is 0 Å². The summed E-state index contributed by atoms with van der Waals surface area (Å²) in [5.41, 5.74) is 10.4. The van der Waals surface area contributed by atoms with Gasteiger partial charge in [0.05, 0.1) is 12.4 Å². The highest BCUT2D eigenvalue weighted by atomic mass is 35.5. The zero-order valence-corrected chi connectivity index (χ0v) is 13.3. The molecule has 0 radical (unpaired) electrons. The van der Waals surface area contributed by atoms with Crippen molar-refractivity contribution in [1.82, 2.24) is 0 Å². The van der Waals surface area contributed by atoms with Crippen molar-refractivity contribution in [3.05, 3.63) is 11.9 Å². The minimum Gasteiger partial charge on any atom is -0.480 e. The predicted octanol–water partition coefficient (Wildman–Crippen LogP) is 0.0250. The van der Waals surface area contributed by atoms with Crippen molar-refractivity contribution in [1.29, 1.82) is 0 Å². The molecular weight excluding hydrogens is 339 g/mol. The maximum atomic E-state index is 12.9. The fourth-order valence-electron chi connectivity index (χ4n) is 0.808. The number of aliphatic imine (C=N–C) groups is 1. The normalized spacial score (nSPS) is 11.3. The summed E-state index contributed by atoms with van der Waals surface area (Å²) in [7, 11) is 0. The Morgan fingerprint density at radius 1 is 1.35 bits per heavy atom. The van der Waals surface area contributed by atoms with Crippen LogP contribution in [0, 0.1) is 0 Å². The highest BCUT2D eigenvalue weighted by Crippen LogP contribution is 2.03. The van der Waals surface area contributed by atoms with Crippen LogP contribution in [0.2, 0.25) is 0 Å². The highest BCUT2D eigenvalue weighted by molar-refractivity contribution is 5.86. The van der Waals surface area contributed by atoms with E-state index in [4.69, 9.17) is 16.6 Å². The number of allylic oxidation sites excluding steroid dienone is 1. The highest BCUT2D eigenvalue weighted by Gasteiger charge is 2.09. The van der Waals surface area contributed by atoms with E-state index in [2.05, 4.69) is 4.99 Å². The van der Waals surface area contributed by atoms with E-state index in [-0.39, 0.29) is 67.6 Å². The van der Waals surface area contributed by atoms with Crippen LogP contribution >= 0.6 is 37.2 Å². The van der Waals surface area contributed by atoms with Crippen LogP contribution in [-0.4, -0.2) is 40.5 Å². The molecular formula is C9H23Cl3FN3O4. The van der Waals surface area contributed by atoms with Crippen LogP contribution in [0.25, 0.3) is 0 Å². The standard InChI is InChI=1S/C9H16FN3O2.3ClH.2H2O/c1-6(11)13-5-7(10)3-2-4-8(12)9(14)15;;;;;/h3,8H,2,4-5,12H2,1H3,(H2,11,13)(H,14,15);3*1H;2*1H2/b7-3-;;;;;/t8-;;;;;/m0...../s1. The lowest BCUT2D eigenvalue weighted by Gasteiger charge is -2.02. The third-order valence-electron chi connectivity index (χ3n) is 1.64. The Hall–Kier alpha value is -0.640. The Bertz CT molecular complexity index is 290. The topological polar surface area (TPSA) is 165 Å². The molecule has 0 spiro atoms. The van der Waals surface area contributed by atoms with Gasteiger partial charge in [0.2, 0.25) is 0 Å². The number of carboxylic acid groups (broad SMARTS) is 1. The SMILES string of the molecule is CC(N)=NC/C(F)=C/CC[C@H](N)C(=O)O.Cl.Cl.Cl.O.O. The molecule has 11 heteroatoms. The first-order valence-electron chi connectivity index (χ1n) is 4.53. The van der Waals surface area contributed by atoms with Gasteiger partial charge in [-0.3, -0.25) is 9.79 Å². The molecule has 9 N–H and O–H groups in total. The van der Waals surface area contributed by atoms with Crippen molar-refractivity contribution >= 4 is 49.0 Å². The van der Waals surface area contributed by atoms with Gasteiger partial charge in [0.1, 0.15) is 11.9 Å². The zero-order chi connectivity index (χ0) is 11.8. The summed E-state index contributed by atoms with van der Waals surface area (Å²) in [4.78, 5) is 14.0. The van der Waals surface area contributed by atoms with Gasteiger partial charge in [-0.05, 0) is 19.8 Å². The first-order chi connectivity index (χ1) is 6.93. The van der Waals surface area contributed by atoms with Gasteiger partial charge in [-0.25, -0.2) is 4.39 Å². The molecule has 0 aromatic carbocycles. The summed E-state index contributed by atoms with van der Waals surface area (Å²) in [5, 5.41) is 8.45. The molecule has 0 heterocycles. The second kappa shape index (κ2) is 20.7. The third kappa shape index (κ3) is 22.5. The van der Waals surface area contributed by atoms with E-state index in [1.165, 1.54) is 6.08 Å². The Labute approximate surface area is 135 Å². The van der Waals surface area contributed by atoms with Crippen molar-refractivity contribution in [3.63, 3.8) is 0 Å². The summed E-state index contributed by atoms with van der Waals surface area (Å²) in [5.74, 6) is -1.21. The fourth-order valence-corrected chi connectivity index (χ4v) is 0.808. The molecule has 0 fully saturated rings. The summed E-state index contributed by atoms with van der Waals surface area (Å²) < 4.78 is 12.9. The monoisotopic (exact) mass is 361 g/mol. The van der Waals surface area contributed by atoms with E-state index in [9.17, 15) is 9.18 Å². The van der Waals surface area contributed by atoms with E-state index >= 15 is 0 Å².